The molecule has 4 rings (SSSR count). The first-order valence-electron chi connectivity index (χ1n) is 10.1. The summed E-state index contributed by atoms with van der Waals surface area (Å²) < 4.78 is 34.3. The summed E-state index contributed by atoms with van der Waals surface area (Å²) in [6.45, 7) is 2.94. The lowest BCUT2D eigenvalue weighted by atomic mass is 10.1. The molecular formula is C22H21ClF2N4O2S. The highest BCUT2D eigenvalue weighted by Gasteiger charge is 2.25. The van der Waals surface area contributed by atoms with Crippen LogP contribution in [0.1, 0.15) is 18.4 Å². The summed E-state index contributed by atoms with van der Waals surface area (Å²) in [7, 11) is 0. The monoisotopic (exact) mass is 478 g/mol. The molecule has 0 unspecified atom stereocenters. The molecular weight excluding hydrogens is 458 g/mol. The van der Waals surface area contributed by atoms with Gasteiger partial charge in [0.15, 0.2) is 16.7 Å². The van der Waals surface area contributed by atoms with E-state index in [1.807, 2.05) is 25.1 Å². The third kappa shape index (κ3) is 5.21. The van der Waals surface area contributed by atoms with Crippen molar-refractivity contribution in [1.29, 1.82) is 0 Å². The van der Waals surface area contributed by atoms with Crippen molar-refractivity contribution in [3.8, 4) is 11.4 Å². The van der Waals surface area contributed by atoms with Crippen LogP contribution in [0.5, 0.6) is 5.75 Å². The molecule has 32 heavy (non-hydrogen) atoms. The standard InChI is InChI=1S/C22H21ClF2N4O2S/c1-14-2-4-16(11-18(14)23)29-13-26-27-22(29)32-12-21(30)28-8-6-17(7-9-28)31-20-5-3-15(24)10-19(20)25/h2-5,10-11,13,17H,6-9,12H2,1H3. The van der Waals surface area contributed by atoms with Gasteiger partial charge in [0.25, 0.3) is 0 Å². The summed E-state index contributed by atoms with van der Waals surface area (Å²) in [4.78, 5) is 14.4. The average molecular weight is 479 g/mol. The van der Waals surface area contributed by atoms with E-state index in [1.54, 1.807) is 15.8 Å². The second-order valence-electron chi connectivity index (χ2n) is 7.48. The van der Waals surface area contributed by atoms with Crippen LogP contribution in [0.15, 0.2) is 47.9 Å². The lowest BCUT2D eigenvalue weighted by Gasteiger charge is -2.32. The molecule has 2 heterocycles. The van der Waals surface area contributed by atoms with Gasteiger partial charge in [-0.15, -0.1) is 10.2 Å². The Morgan fingerprint density at radius 1 is 1.22 bits per heavy atom. The van der Waals surface area contributed by atoms with Gasteiger partial charge in [0, 0.05) is 37.0 Å². The number of hydrogen-bond donors (Lipinski definition) is 0. The molecule has 1 saturated heterocycles. The van der Waals surface area contributed by atoms with Crippen molar-refractivity contribution < 1.29 is 18.3 Å². The minimum atomic E-state index is -0.723. The number of hydrogen-bond acceptors (Lipinski definition) is 5. The lowest BCUT2D eigenvalue weighted by molar-refractivity contribution is -0.130. The number of halogens is 3. The van der Waals surface area contributed by atoms with Gasteiger partial charge in [-0.25, -0.2) is 8.78 Å². The first-order chi connectivity index (χ1) is 15.4. The normalized spacial score (nSPS) is 14.6. The molecule has 6 nitrogen and oxygen atoms in total. The van der Waals surface area contributed by atoms with Crippen LogP contribution >= 0.6 is 23.4 Å². The molecule has 0 N–H and O–H groups in total. The number of benzene rings is 2. The second kappa shape index (κ2) is 9.87. The van der Waals surface area contributed by atoms with E-state index in [9.17, 15) is 13.6 Å². The molecule has 1 amide bonds. The van der Waals surface area contributed by atoms with Gasteiger partial charge in [-0.05, 0) is 36.8 Å². The van der Waals surface area contributed by atoms with Crippen LogP contribution in [0.3, 0.4) is 0 Å². The van der Waals surface area contributed by atoms with Crippen LogP contribution in [-0.4, -0.2) is 50.5 Å². The zero-order valence-electron chi connectivity index (χ0n) is 17.3. The summed E-state index contributed by atoms with van der Waals surface area (Å²) in [5.41, 5.74) is 1.80. The van der Waals surface area contributed by atoms with Gasteiger partial charge in [0.1, 0.15) is 18.2 Å². The van der Waals surface area contributed by atoms with E-state index in [4.69, 9.17) is 16.3 Å². The van der Waals surface area contributed by atoms with Gasteiger partial charge >= 0.3 is 0 Å². The van der Waals surface area contributed by atoms with E-state index in [1.165, 1.54) is 17.8 Å². The number of amides is 1. The zero-order valence-corrected chi connectivity index (χ0v) is 18.9. The van der Waals surface area contributed by atoms with Gasteiger partial charge in [0.2, 0.25) is 5.91 Å². The van der Waals surface area contributed by atoms with Crippen molar-refractivity contribution in [3.05, 3.63) is 64.9 Å². The highest BCUT2D eigenvalue weighted by Crippen LogP contribution is 2.26. The topological polar surface area (TPSA) is 60.2 Å². The van der Waals surface area contributed by atoms with Crippen molar-refractivity contribution >= 4 is 29.3 Å². The van der Waals surface area contributed by atoms with Crippen molar-refractivity contribution in [2.45, 2.75) is 31.0 Å². The predicted molar refractivity (Wildman–Crippen MR) is 118 cm³/mol. The average Bonchev–Trinajstić information content (AvgIpc) is 3.25. The molecule has 0 atom stereocenters. The first kappa shape index (κ1) is 22.5. The number of aromatic nitrogens is 3. The summed E-state index contributed by atoms with van der Waals surface area (Å²) in [5, 5.41) is 9.32. The van der Waals surface area contributed by atoms with Crippen molar-refractivity contribution in [3.63, 3.8) is 0 Å². The maximum atomic E-state index is 13.8. The lowest BCUT2D eigenvalue weighted by Crippen LogP contribution is -2.42. The van der Waals surface area contributed by atoms with E-state index >= 15 is 0 Å². The van der Waals surface area contributed by atoms with Crippen LogP contribution in [0, 0.1) is 18.6 Å². The highest BCUT2D eigenvalue weighted by atomic mass is 35.5. The molecule has 1 fully saturated rings. The Bertz CT molecular complexity index is 1120. The minimum Gasteiger partial charge on any atom is -0.487 e. The fourth-order valence-electron chi connectivity index (χ4n) is 3.42. The van der Waals surface area contributed by atoms with Crippen LogP contribution < -0.4 is 4.74 Å². The molecule has 2 aromatic carbocycles. The maximum Gasteiger partial charge on any atom is 0.233 e. The highest BCUT2D eigenvalue weighted by molar-refractivity contribution is 7.99. The molecule has 10 heteroatoms. The number of aryl methyl sites for hydroxylation is 1. The number of piperidine rings is 1. The Kier molecular flexibility index (Phi) is 6.95. The molecule has 1 aliphatic heterocycles. The molecule has 3 aromatic rings. The molecule has 0 aliphatic carbocycles. The number of nitrogens with zero attached hydrogens (tertiary/aromatic N) is 4. The second-order valence-corrected chi connectivity index (χ2v) is 8.83. The Morgan fingerprint density at radius 2 is 2.00 bits per heavy atom. The summed E-state index contributed by atoms with van der Waals surface area (Å²) in [6, 6.07) is 8.93. The Morgan fingerprint density at radius 3 is 2.72 bits per heavy atom. The maximum absolute atomic E-state index is 13.8. The molecule has 0 radical (unpaired) electrons. The Hall–Kier alpha value is -2.65. The third-order valence-electron chi connectivity index (χ3n) is 5.26. The molecule has 1 aromatic heterocycles. The smallest absolute Gasteiger partial charge is 0.233 e. The zero-order chi connectivity index (χ0) is 22.7. The SMILES string of the molecule is Cc1ccc(-n2cnnc2SCC(=O)N2CCC(Oc3ccc(F)cc3F)CC2)cc1Cl. The predicted octanol–water partition coefficient (Wildman–Crippen LogP) is 4.67. The van der Waals surface area contributed by atoms with Crippen molar-refractivity contribution in [2.75, 3.05) is 18.8 Å². The van der Waals surface area contributed by atoms with E-state index in [2.05, 4.69) is 10.2 Å². The quantitative estimate of drug-likeness (QED) is 0.482. The van der Waals surface area contributed by atoms with Crippen LogP contribution in [0.4, 0.5) is 8.78 Å². The van der Waals surface area contributed by atoms with E-state index in [0.29, 0.717) is 36.1 Å². The summed E-state index contributed by atoms with van der Waals surface area (Å²) in [5.74, 6) is -1.13. The van der Waals surface area contributed by atoms with Crippen LogP contribution in [0.2, 0.25) is 5.02 Å². The van der Waals surface area contributed by atoms with Gasteiger partial charge < -0.3 is 9.64 Å². The van der Waals surface area contributed by atoms with Crippen LogP contribution in [-0.2, 0) is 4.79 Å². The number of thioether (sulfide) groups is 1. The molecule has 1 aliphatic rings. The molecule has 0 bridgehead atoms. The van der Waals surface area contributed by atoms with Gasteiger partial charge in [0.05, 0.1) is 11.4 Å². The summed E-state index contributed by atoms with van der Waals surface area (Å²) in [6.07, 6.45) is 2.52. The number of likely N-dealkylation sites (tertiary alicyclic amines) is 1. The number of rotatable bonds is 6. The Balaban J connectivity index is 1.30. The minimum absolute atomic E-state index is 0.0158. The number of ether oxygens (including phenoxy) is 1. The third-order valence-corrected chi connectivity index (χ3v) is 6.59. The molecule has 168 valence electrons. The molecule has 0 spiro atoms. The number of carbonyl (C=O) groups is 1. The number of carbonyl (C=O) groups excluding carboxylic acids is 1. The van der Waals surface area contributed by atoms with E-state index in [-0.39, 0.29) is 23.5 Å². The van der Waals surface area contributed by atoms with Crippen molar-refractivity contribution in [2.24, 2.45) is 0 Å². The van der Waals surface area contributed by atoms with Gasteiger partial charge in [-0.2, -0.15) is 0 Å². The largest absolute Gasteiger partial charge is 0.487 e. The van der Waals surface area contributed by atoms with Crippen molar-refractivity contribution in [1.82, 2.24) is 19.7 Å². The van der Waals surface area contributed by atoms with E-state index in [0.717, 1.165) is 23.4 Å². The van der Waals surface area contributed by atoms with Gasteiger partial charge in [-0.3, -0.25) is 9.36 Å². The van der Waals surface area contributed by atoms with Gasteiger partial charge in [-0.1, -0.05) is 29.4 Å². The van der Waals surface area contributed by atoms with E-state index < -0.39 is 11.6 Å². The molecule has 0 saturated carbocycles. The fraction of sp³-hybridized carbons (Fsp3) is 0.318. The first-order valence-corrected chi connectivity index (χ1v) is 11.5. The van der Waals surface area contributed by atoms with Crippen LogP contribution in [0.25, 0.3) is 5.69 Å². The Labute approximate surface area is 193 Å². The summed E-state index contributed by atoms with van der Waals surface area (Å²) >= 11 is 7.53. The fourth-order valence-corrected chi connectivity index (χ4v) is 4.43.